The number of fused-ring (bicyclic) bond motifs is 1. The molecule has 100 valence electrons. The Hall–Kier alpha value is -1.28. The molecule has 0 bridgehead atoms. The van der Waals surface area contributed by atoms with Crippen LogP contribution in [0.5, 0.6) is 0 Å². The average molecular weight is 326 g/mol. The van der Waals surface area contributed by atoms with Crippen molar-refractivity contribution in [2.75, 3.05) is 0 Å². The van der Waals surface area contributed by atoms with Crippen LogP contribution in [-0.4, -0.2) is 0 Å². The SMILES string of the molecule is Fc1cccc2c(-c3cc(Cl)cc(Cl)c3Cl)cccc12. The molecule has 0 saturated heterocycles. The molecule has 4 heteroatoms. The van der Waals surface area contributed by atoms with Gasteiger partial charge >= 0.3 is 0 Å². The summed E-state index contributed by atoms with van der Waals surface area (Å²) in [4.78, 5) is 0. The number of hydrogen-bond acceptors (Lipinski definition) is 0. The zero-order valence-electron chi connectivity index (χ0n) is 10.1. The van der Waals surface area contributed by atoms with E-state index in [0.717, 1.165) is 10.9 Å². The Morgan fingerprint density at radius 3 is 2.25 bits per heavy atom. The van der Waals surface area contributed by atoms with Crippen molar-refractivity contribution in [3.8, 4) is 11.1 Å². The molecule has 20 heavy (non-hydrogen) atoms. The lowest BCUT2D eigenvalue weighted by Crippen LogP contribution is -1.86. The van der Waals surface area contributed by atoms with Crippen LogP contribution in [0.1, 0.15) is 0 Å². The standard InChI is InChI=1S/C16H8Cl3F/c17-9-7-13(16(19)14(18)8-9)11-3-1-5-12-10(11)4-2-6-15(12)20/h1-8H. The molecular weight excluding hydrogens is 318 g/mol. The molecule has 0 aliphatic heterocycles. The predicted octanol–water partition coefficient (Wildman–Crippen LogP) is 6.61. The molecule has 0 unspecified atom stereocenters. The Morgan fingerprint density at radius 2 is 1.45 bits per heavy atom. The van der Waals surface area contributed by atoms with Crippen LogP contribution in [0.25, 0.3) is 21.9 Å². The summed E-state index contributed by atoms with van der Waals surface area (Å²) in [6.07, 6.45) is 0. The van der Waals surface area contributed by atoms with Crippen LogP contribution in [0.2, 0.25) is 15.1 Å². The molecule has 0 aliphatic carbocycles. The Morgan fingerprint density at radius 1 is 0.750 bits per heavy atom. The van der Waals surface area contributed by atoms with Gasteiger partial charge in [-0.25, -0.2) is 4.39 Å². The summed E-state index contributed by atoms with van der Waals surface area (Å²) in [5.74, 6) is -0.270. The highest BCUT2D eigenvalue weighted by Gasteiger charge is 2.12. The monoisotopic (exact) mass is 324 g/mol. The average Bonchev–Trinajstić information content (AvgIpc) is 2.43. The fourth-order valence-corrected chi connectivity index (χ4v) is 2.96. The molecule has 3 aromatic rings. The van der Waals surface area contributed by atoms with Crippen LogP contribution in [0.3, 0.4) is 0 Å². The number of halogens is 4. The highest BCUT2D eigenvalue weighted by Crippen LogP contribution is 2.39. The van der Waals surface area contributed by atoms with Crippen molar-refractivity contribution in [2.45, 2.75) is 0 Å². The molecule has 0 saturated carbocycles. The normalized spacial score (nSPS) is 11.0. The molecular formula is C16H8Cl3F. The molecule has 0 heterocycles. The molecule has 3 rings (SSSR count). The summed E-state index contributed by atoms with van der Waals surface area (Å²) in [6.45, 7) is 0. The van der Waals surface area contributed by atoms with Gasteiger partial charge in [0.05, 0.1) is 10.0 Å². The van der Waals surface area contributed by atoms with Gasteiger partial charge in [-0.1, -0.05) is 65.1 Å². The second-order valence-corrected chi connectivity index (χ2v) is 5.61. The molecule has 0 radical (unpaired) electrons. The van der Waals surface area contributed by atoms with Crippen LogP contribution in [0, 0.1) is 5.82 Å². The van der Waals surface area contributed by atoms with Gasteiger partial charge in [0.25, 0.3) is 0 Å². The van der Waals surface area contributed by atoms with E-state index in [1.54, 1.807) is 30.3 Å². The van der Waals surface area contributed by atoms with Gasteiger partial charge in [0.1, 0.15) is 5.82 Å². The minimum atomic E-state index is -0.270. The van der Waals surface area contributed by atoms with Crippen molar-refractivity contribution >= 4 is 45.6 Å². The zero-order valence-corrected chi connectivity index (χ0v) is 12.4. The van der Waals surface area contributed by atoms with Crippen LogP contribution in [0.15, 0.2) is 48.5 Å². The van der Waals surface area contributed by atoms with Crippen molar-refractivity contribution in [1.29, 1.82) is 0 Å². The van der Waals surface area contributed by atoms with Crippen LogP contribution in [-0.2, 0) is 0 Å². The lowest BCUT2D eigenvalue weighted by atomic mass is 9.98. The maximum Gasteiger partial charge on any atom is 0.131 e. The van der Waals surface area contributed by atoms with Gasteiger partial charge in [-0.3, -0.25) is 0 Å². The highest BCUT2D eigenvalue weighted by atomic mass is 35.5. The third kappa shape index (κ3) is 2.26. The topological polar surface area (TPSA) is 0 Å². The third-order valence-electron chi connectivity index (χ3n) is 3.15. The van der Waals surface area contributed by atoms with E-state index in [9.17, 15) is 4.39 Å². The first kappa shape index (κ1) is 13.7. The Labute approximate surface area is 130 Å². The molecule has 0 atom stereocenters. The van der Waals surface area contributed by atoms with E-state index >= 15 is 0 Å². The molecule has 0 fully saturated rings. The van der Waals surface area contributed by atoms with Gasteiger partial charge in [-0.2, -0.15) is 0 Å². The Balaban J connectivity index is 2.39. The van der Waals surface area contributed by atoms with Gasteiger partial charge in [-0.15, -0.1) is 0 Å². The zero-order chi connectivity index (χ0) is 14.3. The Kier molecular flexibility index (Phi) is 3.59. The van der Waals surface area contributed by atoms with Crippen LogP contribution < -0.4 is 0 Å². The molecule has 0 nitrogen and oxygen atoms in total. The second-order valence-electron chi connectivity index (χ2n) is 4.39. The summed E-state index contributed by atoms with van der Waals surface area (Å²) in [5, 5.41) is 2.59. The van der Waals surface area contributed by atoms with Crippen molar-refractivity contribution in [2.24, 2.45) is 0 Å². The Bertz CT molecular complexity index is 812. The molecule has 0 aliphatic rings. The second kappa shape index (κ2) is 5.25. The first-order valence-electron chi connectivity index (χ1n) is 5.90. The minimum absolute atomic E-state index is 0.270. The van der Waals surface area contributed by atoms with Crippen LogP contribution in [0.4, 0.5) is 4.39 Å². The summed E-state index contributed by atoms with van der Waals surface area (Å²) in [6, 6.07) is 13.6. The lowest BCUT2D eigenvalue weighted by Gasteiger charge is -2.11. The smallest absolute Gasteiger partial charge is 0.131 e. The first-order chi connectivity index (χ1) is 9.58. The maximum atomic E-state index is 13.9. The van der Waals surface area contributed by atoms with Gasteiger partial charge in [0.2, 0.25) is 0 Å². The van der Waals surface area contributed by atoms with E-state index in [0.29, 0.717) is 26.0 Å². The molecule has 0 aromatic heterocycles. The number of rotatable bonds is 1. The van der Waals surface area contributed by atoms with E-state index in [2.05, 4.69) is 0 Å². The minimum Gasteiger partial charge on any atom is -0.206 e. The van der Waals surface area contributed by atoms with Crippen molar-refractivity contribution in [1.82, 2.24) is 0 Å². The predicted molar refractivity (Wildman–Crippen MR) is 84.4 cm³/mol. The van der Waals surface area contributed by atoms with Crippen LogP contribution >= 0.6 is 34.8 Å². The van der Waals surface area contributed by atoms with Gasteiger partial charge in [0.15, 0.2) is 0 Å². The third-order valence-corrected chi connectivity index (χ3v) is 4.17. The largest absolute Gasteiger partial charge is 0.206 e. The first-order valence-corrected chi connectivity index (χ1v) is 7.03. The van der Waals surface area contributed by atoms with E-state index in [1.165, 1.54) is 6.07 Å². The fraction of sp³-hybridized carbons (Fsp3) is 0. The van der Waals surface area contributed by atoms with E-state index < -0.39 is 0 Å². The van der Waals surface area contributed by atoms with Crippen molar-refractivity contribution in [3.05, 3.63) is 69.4 Å². The highest BCUT2D eigenvalue weighted by molar-refractivity contribution is 6.45. The lowest BCUT2D eigenvalue weighted by molar-refractivity contribution is 0.640. The number of hydrogen-bond donors (Lipinski definition) is 0. The van der Waals surface area contributed by atoms with Gasteiger partial charge in [-0.05, 0) is 29.1 Å². The van der Waals surface area contributed by atoms with Crippen molar-refractivity contribution < 1.29 is 4.39 Å². The van der Waals surface area contributed by atoms with Crippen molar-refractivity contribution in [3.63, 3.8) is 0 Å². The molecule has 0 spiro atoms. The van der Waals surface area contributed by atoms with Gasteiger partial charge < -0.3 is 0 Å². The molecule has 0 amide bonds. The fourth-order valence-electron chi connectivity index (χ4n) is 2.26. The van der Waals surface area contributed by atoms with E-state index in [1.807, 2.05) is 12.1 Å². The molecule has 0 N–H and O–H groups in total. The van der Waals surface area contributed by atoms with Gasteiger partial charge in [0, 0.05) is 16.0 Å². The number of benzene rings is 3. The maximum absolute atomic E-state index is 13.9. The summed E-state index contributed by atoms with van der Waals surface area (Å²) < 4.78 is 13.9. The summed E-state index contributed by atoms with van der Waals surface area (Å²) >= 11 is 18.4. The summed E-state index contributed by atoms with van der Waals surface area (Å²) in [7, 11) is 0. The molecule has 3 aromatic carbocycles. The quantitative estimate of drug-likeness (QED) is 0.442. The summed E-state index contributed by atoms with van der Waals surface area (Å²) in [5.41, 5.74) is 1.50. The van der Waals surface area contributed by atoms with E-state index in [-0.39, 0.29) is 5.82 Å². The van der Waals surface area contributed by atoms with E-state index in [4.69, 9.17) is 34.8 Å².